The summed E-state index contributed by atoms with van der Waals surface area (Å²) in [6, 6.07) is 9.86. The second-order valence-electron chi connectivity index (χ2n) is 6.58. The minimum atomic E-state index is -0.298. The lowest BCUT2D eigenvalue weighted by Gasteiger charge is -2.38. The molecule has 28 heavy (non-hydrogen) atoms. The number of amides is 1. The van der Waals surface area contributed by atoms with Gasteiger partial charge in [-0.2, -0.15) is 0 Å². The summed E-state index contributed by atoms with van der Waals surface area (Å²) in [6.07, 6.45) is 3.25. The maximum absolute atomic E-state index is 13.6. The Hall–Kier alpha value is -3.48. The molecule has 0 saturated heterocycles. The molecule has 0 atom stereocenters. The molecule has 2 aromatic heterocycles. The van der Waals surface area contributed by atoms with Crippen LogP contribution in [0, 0.1) is 19.7 Å². The lowest BCUT2D eigenvalue weighted by molar-refractivity contribution is 0.0983. The van der Waals surface area contributed by atoms with Gasteiger partial charge >= 0.3 is 0 Å². The number of fused-ring (bicyclic) bond motifs is 1. The zero-order chi connectivity index (χ0) is 19.8. The lowest BCUT2D eigenvalue weighted by atomic mass is 10.1. The van der Waals surface area contributed by atoms with Crippen LogP contribution < -0.4 is 14.5 Å². The van der Waals surface area contributed by atoms with Crippen molar-refractivity contribution in [3.05, 3.63) is 71.4 Å². The fraction of sp³-hybridized carbons (Fsp3) is 0.190. The molecule has 0 bridgehead atoms. The van der Waals surface area contributed by atoms with Gasteiger partial charge in [0.25, 0.3) is 5.91 Å². The topological polar surface area (TPSA) is 58.6 Å². The second-order valence-corrected chi connectivity index (χ2v) is 6.58. The van der Waals surface area contributed by atoms with Crippen LogP contribution in [-0.4, -0.2) is 29.7 Å². The van der Waals surface area contributed by atoms with E-state index in [9.17, 15) is 9.18 Å². The predicted octanol–water partition coefficient (Wildman–Crippen LogP) is 4.00. The molecular formula is C21H19FN4O2. The maximum Gasteiger partial charge on any atom is 0.262 e. The van der Waals surface area contributed by atoms with Crippen LogP contribution >= 0.6 is 0 Å². The molecule has 0 aliphatic carbocycles. The molecule has 0 N–H and O–H groups in total. The van der Waals surface area contributed by atoms with E-state index in [-0.39, 0.29) is 18.4 Å². The van der Waals surface area contributed by atoms with Crippen LogP contribution in [0.4, 0.5) is 21.5 Å². The van der Waals surface area contributed by atoms with Gasteiger partial charge in [0.1, 0.15) is 12.5 Å². The molecule has 3 heterocycles. The number of anilines is 3. The van der Waals surface area contributed by atoms with Crippen molar-refractivity contribution in [2.45, 2.75) is 13.8 Å². The average molecular weight is 378 g/mol. The van der Waals surface area contributed by atoms with E-state index in [4.69, 9.17) is 4.74 Å². The fourth-order valence-electron chi connectivity index (χ4n) is 3.45. The number of hydrogen-bond donors (Lipinski definition) is 0. The van der Waals surface area contributed by atoms with Crippen molar-refractivity contribution in [1.82, 2.24) is 9.97 Å². The number of benzene rings is 1. The van der Waals surface area contributed by atoms with Crippen molar-refractivity contribution < 1.29 is 13.9 Å². The van der Waals surface area contributed by atoms with Crippen LogP contribution in [0.1, 0.15) is 21.6 Å². The first kappa shape index (κ1) is 17.9. The van der Waals surface area contributed by atoms with Crippen LogP contribution in [0.15, 0.2) is 48.8 Å². The number of carbonyl (C=O) groups excluding carboxylic acids is 1. The van der Waals surface area contributed by atoms with Crippen molar-refractivity contribution in [2.75, 3.05) is 23.6 Å². The molecule has 1 aromatic carbocycles. The third-order valence-electron chi connectivity index (χ3n) is 4.83. The Labute approximate surface area is 162 Å². The highest BCUT2D eigenvalue weighted by Gasteiger charge is 2.32. The number of hydrogen-bond acceptors (Lipinski definition) is 5. The lowest BCUT2D eigenvalue weighted by Crippen LogP contribution is -2.45. The summed E-state index contributed by atoms with van der Waals surface area (Å²) in [7, 11) is 1.55. The van der Waals surface area contributed by atoms with Crippen LogP contribution in [0.5, 0.6) is 5.88 Å². The van der Waals surface area contributed by atoms with Gasteiger partial charge in [0.2, 0.25) is 5.88 Å². The number of aromatic nitrogens is 2. The van der Waals surface area contributed by atoms with Crippen molar-refractivity contribution >= 4 is 23.0 Å². The van der Waals surface area contributed by atoms with Gasteiger partial charge in [-0.1, -0.05) is 0 Å². The minimum absolute atomic E-state index is 0.136. The van der Waals surface area contributed by atoms with E-state index in [1.165, 1.54) is 12.1 Å². The van der Waals surface area contributed by atoms with Crippen LogP contribution in [-0.2, 0) is 0 Å². The van der Waals surface area contributed by atoms with Gasteiger partial charge in [0.05, 0.1) is 35.9 Å². The Bertz CT molecular complexity index is 1070. The van der Waals surface area contributed by atoms with E-state index in [1.54, 1.807) is 42.6 Å². The number of halogens is 1. The Morgan fingerprint density at radius 2 is 1.82 bits per heavy atom. The molecule has 0 radical (unpaired) electrons. The SMILES string of the molecule is COc1ccc(N2CN(c3ccc(F)cc3C)c3cnccc3C2=O)c(C)n1. The summed E-state index contributed by atoms with van der Waals surface area (Å²) in [5.41, 5.74) is 4.18. The zero-order valence-corrected chi connectivity index (χ0v) is 15.8. The highest BCUT2D eigenvalue weighted by Crippen LogP contribution is 2.37. The van der Waals surface area contributed by atoms with Crippen LogP contribution in [0.3, 0.4) is 0 Å². The molecule has 4 rings (SSSR count). The molecule has 142 valence electrons. The van der Waals surface area contributed by atoms with Gasteiger partial charge in [0, 0.05) is 18.0 Å². The quantitative estimate of drug-likeness (QED) is 0.690. The second kappa shape index (κ2) is 6.92. The molecule has 0 unspecified atom stereocenters. The normalized spacial score (nSPS) is 13.5. The summed E-state index contributed by atoms with van der Waals surface area (Å²) in [5.74, 6) is 0.0535. The molecule has 3 aromatic rings. The summed E-state index contributed by atoms with van der Waals surface area (Å²) >= 11 is 0. The Morgan fingerprint density at radius 1 is 1.04 bits per heavy atom. The summed E-state index contributed by atoms with van der Waals surface area (Å²) in [6.45, 7) is 3.94. The smallest absolute Gasteiger partial charge is 0.262 e. The van der Waals surface area contributed by atoms with Crippen molar-refractivity contribution in [3.8, 4) is 5.88 Å². The molecular weight excluding hydrogens is 359 g/mol. The van der Waals surface area contributed by atoms with Gasteiger partial charge in [-0.15, -0.1) is 0 Å². The molecule has 0 saturated carbocycles. The van der Waals surface area contributed by atoms with Crippen LogP contribution in [0.25, 0.3) is 0 Å². The maximum atomic E-state index is 13.6. The van der Waals surface area contributed by atoms with E-state index >= 15 is 0 Å². The van der Waals surface area contributed by atoms with Crippen molar-refractivity contribution in [3.63, 3.8) is 0 Å². The number of carbonyl (C=O) groups is 1. The summed E-state index contributed by atoms with van der Waals surface area (Å²) in [4.78, 5) is 25.4. The number of nitrogens with zero attached hydrogens (tertiary/aromatic N) is 4. The van der Waals surface area contributed by atoms with E-state index in [1.807, 2.05) is 24.8 Å². The Balaban J connectivity index is 1.84. The van der Waals surface area contributed by atoms with Crippen molar-refractivity contribution in [2.24, 2.45) is 0 Å². The van der Waals surface area contributed by atoms with Crippen molar-refractivity contribution in [1.29, 1.82) is 0 Å². The largest absolute Gasteiger partial charge is 0.481 e. The molecule has 7 heteroatoms. The number of aryl methyl sites for hydroxylation is 2. The van der Waals surface area contributed by atoms with Gasteiger partial charge in [-0.25, -0.2) is 9.37 Å². The Morgan fingerprint density at radius 3 is 2.54 bits per heavy atom. The molecule has 1 aliphatic rings. The van der Waals surface area contributed by atoms with E-state index in [0.717, 1.165) is 11.3 Å². The molecule has 1 aliphatic heterocycles. The number of rotatable bonds is 3. The third-order valence-corrected chi connectivity index (χ3v) is 4.83. The van der Waals surface area contributed by atoms with Gasteiger partial charge in [-0.05, 0) is 49.7 Å². The summed E-state index contributed by atoms with van der Waals surface area (Å²) < 4.78 is 18.8. The standard InChI is InChI=1S/C21H19FN4O2/c1-13-10-15(22)4-5-17(13)25-12-26(18-6-7-20(28-3)24-14(18)2)21(27)16-8-9-23-11-19(16)25/h4-11H,12H2,1-3H3. The first-order valence-electron chi connectivity index (χ1n) is 8.81. The highest BCUT2D eigenvalue weighted by atomic mass is 19.1. The molecule has 0 spiro atoms. The molecule has 6 nitrogen and oxygen atoms in total. The predicted molar refractivity (Wildman–Crippen MR) is 105 cm³/mol. The van der Waals surface area contributed by atoms with E-state index in [2.05, 4.69) is 9.97 Å². The van der Waals surface area contributed by atoms with E-state index < -0.39 is 0 Å². The highest BCUT2D eigenvalue weighted by molar-refractivity contribution is 6.12. The fourth-order valence-corrected chi connectivity index (χ4v) is 3.45. The first-order valence-corrected chi connectivity index (χ1v) is 8.81. The zero-order valence-electron chi connectivity index (χ0n) is 15.8. The van der Waals surface area contributed by atoms with Gasteiger partial charge < -0.3 is 9.64 Å². The van der Waals surface area contributed by atoms with E-state index in [0.29, 0.717) is 28.5 Å². The number of methoxy groups -OCH3 is 1. The van der Waals surface area contributed by atoms with Crippen LogP contribution in [0.2, 0.25) is 0 Å². The average Bonchev–Trinajstić information content (AvgIpc) is 2.69. The number of pyridine rings is 2. The van der Waals surface area contributed by atoms with Gasteiger partial charge in [0.15, 0.2) is 0 Å². The first-order chi connectivity index (χ1) is 13.5. The Kier molecular flexibility index (Phi) is 4.43. The molecule has 0 fully saturated rings. The third kappa shape index (κ3) is 2.94. The number of ether oxygens (including phenoxy) is 1. The minimum Gasteiger partial charge on any atom is -0.481 e. The monoisotopic (exact) mass is 378 g/mol. The van der Waals surface area contributed by atoms with Gasteiger partial charge in [-0.3, -0.25) is 14.7 Å². The summed E-state index contributed by atoms with van der Waals surface area (Å²) in [5, 5.41) is 0. The molecule has 1 amide bonds.